The third-order valence-corrected chi connectivity index (χ3v) is 2.36. The van der Waals surface area contributed by atoms with Gasteiger partial charge in [-0.25, -0.2) is 0 Å². The largest absolute Gasteiger partial charge is 0.323 e. The second-order valence-corrected chi connectivity index (χ2v) is 3.63. The lowest BCUT2D eigenvalue weighted by atomic mass is 10.2. The monoisotopic (exact) mass is 214 g/mol. The fourth-order valence-electron chi connectivity index (χ4n) is 1.22. The summed E-state index contributed by atoms with van der Waals surface area (Å²) >= 11 is 6.07. The molecule has 1 aromatic heterocycles. The smallest absolute Gasteiger partial charge is 0.252 e. The minimum Gasteiger partial charge on any atom is -0.323 e. The first-order chi connectivity index (χ1) is 6.77. The molecule has 0 amide bonds. The van der Waals surface area contributed by atoms with E-state index in [0.29, 0.717) is 6.73 Å². The second kappa shape index (κ2) is 5.99. The van der Waals surface area contributed by atoms with E-state index in [2.05, 4.69) is 13.8 Å². The Kier molecular flexibility index (Phi) is 4.91. The molecule has 0 saturated heterocycles. The fraction of sp³-hybridized carbons (Fsp3) is 0.545. The molecule has 0 saturated carbocycles. The quantitative estimate of drug-likeness (QED) is 0.543. The van der Waals surface area contributed by atoms with Gasteiger partial charge in [-0.1, -0.05) is 25.4 Å². The predicted molar refractivity (Wildman–Crippen MR) is 57.3 cm³/mol. The minimum atomic E-state index is 0.581. The first kappa shape index (κ1) is 11.5. The van der Waals surface area contributed by atoms with Gasteiger partial charge in [-0.15, -0.1) is 0 Å². The van der Waals surface area contributed by atoms with Gasteiger partial charge in [0, 0.05) is 6.07 Å². The van der Waals surface area contributed by atoms with Gasteiger partial charge in [-0.3, -0.25) is 0 Å². The zero-order valence-electron chi connectivity index (χ0n) is 8.79. The van der Waals surface area contributed by atoms with Gasteiger partial charge >= 0.3 is 0 Å². The molecule has 1 aromatic rings. The van der Waals surface area contributed by atoms with Crippen LogP contribution in [0.15, 0.2) is 18.5 Å². The summed E-state index contributed by atoms with van der Waals surface area (Å²) < 4.78 is 7.36. The number of aryl methyl sites for hydroxylation is 1. The molecule has 0 spiro atoms. The standard InChI is InChI=1S/C11H17ClNO/c1-3-7-14-9-13-6-5-10(4-2)11(12)8-13/h5-6,8H,3-4,7,9H2,1-2H3/q+1. The number of hydrogen-bond donors (Lipinski definition) is 0. The van der Waals surface area contributed by atoms with Crippen molar-refractivity contribution >= 4 is 11.6 Å². The van der Waals surface area contributed by atoms with Crippen LogP contribution in [-0.2, 0) is 17.9 Å². The lowest BCUT2D eigenvalue weighted by Gasteiger charge is -2.01. The maximum absolute atomic E-state index is 6.07. The third-order valence-electron chi connectivity index (χ3n) is 2.02. The van der Waals surface area contributed by atoms with Crippen molar-refractivity contribution in [3.05, 3.63) is 29.0 Å². The van der Waals surface area contributed by atoms with Crippen LogP contribution in [0.2, 0.25) is 5.02 Å². The van der Waals surface area contributed by atoms with Gasteiger partial charge < -0.3 is 4.74 Å². The molecule has 1 heterocycles. The molecular formula is C11H17ClNO+. The van der Waals surface area contributed by atoms with Gasteiger partial charge in [-0.2, -0.15) is 4.57 Å². The van der Waals surface area contributed by atoms with E-state index >= 15 is 0 Å². The Labute approximate surface area is 90.5 Å². The van der Waals surface area contributed by atoms with E-state index in [-0.39, 0.29) is 0 Å². The highest BCUT2D eigenvalue weighted by atomic mass is 35.5. The molecule has 0 bridgehead atoms. The molecule has 0 aliphatic carbocycles. The van der Waals surface area contributed by atoms with Crippen molar-refractivity contribution < 1.29 is 9.30 Å². The van der Waals surface area contributed by atoms with Crippen molar-refractivity contribution in [1.29, 1.82) is 0 Å². The molecule has 0 unspecified atom stereocenters. The molecule has 0 N–H and O–H groups in total. The van der Waals surface area contributed by atoms with Crippen molar-refractivity contribution in [3.63, 3.8) is 0 Å². The highest BCUT2D eigenvalue weighted by Gasteiger charge is 2.05. The van der Waals surface area contributed by atoms with Crippen molar-refractivity contribution in [2.24, 2.45) is 0 Å². The molecular weight excluding hydrogens is 198 g/mol. The maximum Gasteiger partial charge on any atom is 0.252 e. The number of aromatic nitrogens is 1. The molecule has 0 aliphatic rings. The highest BCUT2D eigenvalue weighted by Crippen LogP contribution is 2.12. The summed E-state index contributed by atoms with van der Waals surface area (Å²) in [5.41, 5.74) is 1.18. The Morgan fingerprint density at radius 3 is 2.79 bits per heavy atom. The average Bonchev–Trinajstić information content (AvgIpc) is 2.18. The van der Waals surface area contributed by atoms with Gasteiger partial charge in [0.15, 0.2) is 12.4 Å². The lowest BCUT2D eigenvalue weighted by molar-refractivity contribution is -0.732. The molecule has 3 heteroatoms. The van der Waals surface area contributed by atoms with Crippen LogP contribution >= 0.6 is 11.6 Å². The summed E-state index contributed by atoms with van der Waals surface area (Å²) in [6.07, 6.45) is 5.92. The highest BCUT2D eigenvalue weighted by molar-refractivity contribution is 6.31. The van der Waals surface area contributed by atoms with Gasteiger partial charge in [0.25, 0.3) is 6.73 Å². The van der Waals surface area contributed by atoms with E-state index in [0.717, 1.165) is 24.5 Å². The number of halogens is 1. The zero-order chi connectivity index (χ0) is 10.4. The van der Waals surface area contributed by atoms with Gasteiger partial charge in [-0.05, 0) is 18.4 Å². The Morgan fingerprint density at radius 1 is 1.43 bits per heavy atom. The van der Waals surface area contributed by atoms with Crippen LogP contribution in [0.5, 0.6) is 0 Å². The van der Waals surface area contributed by atoms with E-state index in [1.165, 1.54) is 5.56 Å². The molecule has 0 atom stereocenters. The number of hydrogen-bond acceptors (Lipinski definition) is 1. The van der Waals surface area contributed by atoms with E-state index in [1.54, 1.807) is 0 Å². The summed E-state index contributed by atoms with van der Waals surface area (Å²) in [5.74, 6) is 0. The Balaban J connectivity index is 2.57. The topological polar surface area (TPSA) is 13.1 Å². The molecule has 0 aliphatic heterocycles. The summed E-state index contributed by atoms with van der Waals surface area (Å²) in [6.45, 7) is 5.56. The van der Waals surface area contributed by atoms with Crippen LogP contribution in [-0.4, -0.2) is 6.61 Å². The Morgan fingerprint density at radius 2 is 2.21 bits per heavy atom. The van der Waals surface area contributed by atoms with Gasteiger partial charge in [0.05, 0.1) is 6.61 Å². The first-order valence-corrected chi connectivity index (χ1v) is 5.41. The molecule has 0 aromatic carbocycles. The Hall–Kier alpha value is -0.600. The number of nitrogens with zero attached hydrogens (tertiary/aromatic N) is 1. The van der Waals surface area contributed by atoms with E-state index < -0.39 is 0 Å². The van der Waals surface area contributed by atoms with E-state index in [4.69, 9.17) is 16.3 Å². The summed E-state index contributed by atoms with van der Waals surface area (Å²) in [5, 5.41) is 0.815. The number of ether oxygens (including phenoxy) is 1. The summed E-state index contributed by atoms with van der Waals surface area (Å²) in [7, 11) is 0. The molecule has 14 heavy (non-hydrogen) atoms. The SMILES string of the molecule is CCCOC[n+]1ccc(CC)c(Cl)c1. The third kappa shape index (κ3) is 3.28. The van der Waals surface area contributed by atoms with Crippen LogP contribution < -0.4 is 4.57 Å². The normalized spacial score (nSPS) is 10.5. The molecule has 2 nitrogen and oxygen atoms in total. The zero-order valence-corrected chi connectivity index (χ0v) is 9.55. The lowest BCUT2D eigenvalue weighted by Crippen LogP contribution is -2.34. The van der Waals surface area contributed by atoms with E-state index in [9.17, 15) is 0 Å². The predicted octanol–water partition coefficient (Wildman–Crippen LogP) is 2.57. The van der Waals surface area contributed by atoms with Crippen LogP contribution in [0.1, 0.15) is 25.8 Å². The Bertz CT molecular complexity index is 289. The minimum absolute atomic E-state index is 0.581. The van der Waals surface area contributed by atoms with Gasteiger partial charge in [0.2, 0.25) is 0 Å². The number of pyridine rings is 1. The number of rotatable bonds is 5. The molecule has 78 valence electrons. The van der Waals surface area contributed by atoms with Crippen LogP contribution in [0, 0.1) is 0 Å². The molecule has 1 rings (SSSR count). The fourth-order valence-corrected chi connectivity index (χ4v) is 1.54. The van der Waals surface area contributed by atoms with Crippen LogP contribution in [0.3, 0.4) is 0 Å². The van der Waals surface area contributed by atoms with Crippen molar-refractivity contribution in [2.75, 3.05) is 6.61 Å². The van der Waals surface area contributed by atoms with Gasteiger partial charge in [0.1, 0.15) is 5.02 Å². The molecule has 0 fully saturated rings. The first-order valence-electron chi connectivity index (χ1n) is 5.03. The van der Waals surface area contributed by atoms with E-state index in [1.807, 2.05) is 23.0 Å². The summed E-state index contributed by atoms with van der Waals surface area (Å²) in [4.78, 5) is 0. The second-order valence-electron chi connectivity index (χ2n) is 3.22. The summed E-state index contributed by atoms with van der Waals surface area (Å²) in [6, 6.07) is 2.04. The van der Waals surface area contributed by atoms with Crippen molar-refractivity contribution in [3.8, 4) is 0 Å². The average molecular weight is 215 g/mol. The van der Waals surface area contributed by atoms with Crippen molar-refractivity contribution in [2.45, 2.75) is 33.4 Å². The maximum atomic E-state index is 6.07. The van der Waals surface area contributed by atoms with Crippen LogP contribution in [0.25, 0.3) is 0 Å². The molecule has 0 radical (unpaired) electrons. The van der Waals surface area contributed by atoms with Crippen molar-refractivity contribution in [1.82, 2.24) is 0 Å². The van der Waals surface area contributed by atoms with Crippen LogP contribution in [0.4, 0.5) is 0 Å².